The van der Waals surface area contributed by atoms with Crippen LogP contribution in [-0.4, -0.2) is 24.1 Å². The minimum atomic E-state index is -0.540. The van der Waals surface area contributed by atoms with Gasteiger partial charge in [-0.1, -0.05) is 27.9 Å². The van der Waals surface area contributed by atoms with Crippen LogP contribution in [0.2, 0.25) is 0 Å². The van der Waals surface area contributed by atoms with Crippen molar-refractivity contribution >= 4 is 39.1 Å². The number of halogens is 1. The summed E-state index contributed by atoms with van der Waals surface area (Å²) in [6, 6.07) is 7.28. The summed E-state index contributed by atoms with van der Waals surface area (Å²) in [6.07, 6.45) is 5.14. The van der Waals surface area contributed by atoms with Gasteiger partial charge in [0.15, 0.2) is 0 Å². The Morgan fingerprint density at radius 3 is 3.00 bits per heavy atom. The number of nitrogens with one attached hydrogen (secondary N) is 1. The predicted molar refractivity (Wildman–Crippen MR) is 84.7 cm³/mol. The monoisotopic (exact) mass is 347 g/mol. The molecule has 2 amide bonds. The van der Waals surface area contributed by atoms with Crippen molar-refractivity contribution in [3.63, 3.8) is 0 Å². The molecule has 1 aliphatic heterocycles. The van der Waals surface area contributed by atoms with Crippen LogP contribution in [0.1, 0.15) is 13.3 Å². The number of carbonyl (C=O) groups excluding carboxylic acids is 2. The van der Waals surface area contributed by atoms with Gasteiger partial charge in [0.05, 0.1) is 18.2 Å². The summed E-state index contributed by atoms with van der Waals surface area (Å²) < 4.78 is 0.857. The molecule has 0 bridgehead atoms. The molecule has 21 heavy (non-hydrogen) atoms. The van der Waals surface area contributed by atoms with Crippen LogP contribution >= 0.6 is 15.9 Å². The highest BCUT2D eigenvalue weighted by Gasteiger charge is 2.35. The summed E-state index contributed by atoms with van der Waals surface area (Å²) in [7, 11) is 0. The first-order chi connectivity index (χ1) is 10.0. The molecule has 0 spiro atoms. The average molecular weight is 348 g/mol. The molecule has 0 aliphatic carbocycles. The van der Waals surface area contributed by atoms with E-state index in [-0.39, 0.29) is 24.8 Å². The van der Waals surface area contributed by atoms with Crippen molar-refractivity contribution in [3.8, 4) is 12.3 Å². The van der Waals surface area contributed by atoms with Crippen LogP contribution in [-0.2, 0) is 9.59 Å². The zero-order valence-corrected chi connectivity index (χ0v) is 13.1. The van der Waals surface area contributed by atoms with E-state index in [1.165, 1.54) is 5.01 Å². The first-order valence-corrected chi connectivity index (χ1v) is 7.17. The number of terminal acetylenes is 1. The second-order valence-electron chi connectivity index (χ2n) is 4.61. The van der Waals surface area contributed by atoms with Gasteiger partial charge in [0.2, 0.25) is 5.91 Å². The van der Waals surface area contributed by atoms with Crippen molar-refractivity contribution in [1.29, 1.82) is 0 Å². The van der Waals surface area contributed by atoms with Crippen LogP contribution in [0.4, 0.5) is 5.69 Å². The molecule has 0 saturated carbocycles. The minimum absolute atomic E-state index is 0.0559. The standard InChI is InChI=1S/C15H14BrN3O2/c1-3-7-17-14(20)9-13-10(2)18-19(15(13)21)12-6-4-5-11(16)8-12/h1,4-6,8,13H,7,9H2,2H3,(H,17,20)/t13-/m0/s1. The van der Waals surface area contributed by atoms with E-state index in [0.717, 1.165) is 4.47 Å². The van der Waals surface area contributed by atoms with Crippen molar-refractivity contribution in [1.82, 2.24) is 5.32 Å². The van der Waals surface area contributed by atoms with Gasteiger partial charge in [-0.2, -0.15) is 5.10 Å². The topological polar surface area (TPSA) is 61.8 Å². The number of hydrogen-bond donors (Lipinski definition) is 1. The van der Waals surface area contributed by atoms with Gasteiger partial charge in [-0.3, -0.25) is 9.59 Å². The van der Waals surface area contributed by atoms with Gasteiger partial charge < -0.3 is 5.32 Å². The number of hydrazone groups is 1. The molecule has 0 radical (unpaired) electrons. The summed E-state index contributed by atoms with van der Waals surface area (Å²) in [4.78, 5) is 24.1. The van der Waals surface area contributed by atoms with E-state index in [9.17, 15) is 9.59 Å². The maximum Gasteiger partial charge on any atom is 0.256 e. The van der Waals surface area contributed by atoms with Gasteiger partial charge in [0.25, 0.3) is 5.91 Å². The lowest BCUT2D eigenvalue weighted by Crippen LogP contribution is -2.33. The normalized spacial score (nSPS) is 17.4. The SMILES string of the molecule is C#CCNC(=O)C[C@@H]1C(=O)N(c2cccc(Br)c2)N=C1C. The van der Waals surface area contributed by atoms with E-state index < -0.39 is 5.92 Å². The molecule has 1 aromatic carbocycles. The lowest BCUT2D eigenvalue weighted by molar-refractivity contribution is -0.126. The van der Waals surface area contributed by atoms with Crippen LogP contribution < -0.4 is 10.3 Å². The lowest BCUT2D eigenvalue weighted by Gasteiger charge is -2.14. The molecule has 0 saturated heterocycles. The van der Waals surface area contributed by atoms with Crippen molar-refractivity contribution < 1.29 is 9.59 Å². The number of carbonyl (C=O) groups is 2. The maximum atomic E-state index is 12.4. The van der Waals surface area contributed by atoms with Crippen molar-refractivity contribution in [2.45, 2.75) is 13.3 Å². The first kappa shape index (κ1) is 15.3. The first-order valence-electron chi connectivity index (χ1n) is 6.37. The highest BCUT2D eigenvalue weighted by molar-refractivity contribution is 9.10. The van der Waals surface area contributed by atoms with Crippen LogP contribution in [0, 0.1) is 18.3 Å². The summed E-state index contributed by atoms with van der Waals surface area (Å²) >= 11 is 3.36. The molecule has 108 valence electrons. The third-order valence-corrected chi connectivity index (χ3v) is 3.59. The van der Waals surface area contributed by atoms with Crippen molar-refractivity contribution in [3.05, 3.63) is 28.7 Å². The maximum absolute atomic E-state index is 12.4. The van der Waals surface area contributed by atoms with E-state index in [4.69, 9.17) is 6.42 Å². The van der Waals surface area contributed by atoms with Gasteiger partial charge in [0, 0.05) is 16.6 Å². The fraction of sp³-hybridized carbons (Fsp3) is 0.267. The highest BCUT2D eigenvalue weighted by Crippen LogP contribution is 2.27. The Labute approximate surface area is 131 Å². The Hall–Kier alpha value is -2.13. The molecule has 1 N–H and O–H groups in total. The molecular formula is C15H14BrN3O2. The third kappa shape index (κ3) is 3.50. The second kappa shape index (κ2) is 6.55. The molecular weight excluding hydrogens is 334 g/mol. The Bertz CT molecular complexity index is 649. The Balaban J connectivity index is 2.12. The molecule has 5 nitrogen and oxygen atoms in total. The van der Waals surface area contributed by atoms with Gasteiger partial charge in [-0.25, -0.2) is 5.01 Å². The van der Waals surface area contributed by atoms with Crippen LogP contribution in [0.3, 0.4) is 0 Å². The van der Waals surface area contributed by atoms with Crippen LogP contribution in [0.15, 0.2) is 33.8 Å². The summed E-state index contributed by atoms with van der Waals surface area (Å²) in [5, 5.41) is 8.14. The number of anilines is 1. The molecule has 1 aromatic rings. The zero-order chi connectivity index (χ0) is 15.4. The highest BCUT2D eigenvalue weighted by atomic mass is 79.9. The second-order valence-corrected chi connectivity index (χ2v) is 5.52. The van der Waals surface area contributed by atoms with E-state index in [1.807, 2.05) is 12.1 Å². The minimum Gasteiger partial charge on any atom is -0.345 e. The van der Waals surface area contributed by atoms with E-state index in [2.05, 4.69) is 32.3 Å². The number of hydrogen-bond acceptors (Lipinski definition) is 3. The molecule has 1 aliphatic rings. The molecule has 0 aromatic heterocycles. The van der Waals surface area contributed by atoms with Gasteiger partial charge in [-0.15, -0.1) is 6.42 Å². The summed E-state index contributed by atoms with van der Waals surface area (Å²) in [5.41, 5.74) is 1.29. The quantitative estimate of drug-likeness (QED) is 0.846. The fourth-order valence-electron chi connectivity index (χ4n) is 2.04. The predicted octanol–water partition coefficient (Wildman–Crippen LogP) is 1.93. The third-order valence-electron chi connectivity index (χ3n) is 3.10. The van der Waals surface area contributed by atoms with Gasteiger partial charge in [-0.05, 0) is 25.1 Å². The molecule has 1 heterocycles. The summed E-state index contributed by atoms with van der Waals surface area (Å²) in [6.45, 7) is 1.90. The van der Waals surface area contributed by atoms with Gasteiger partial charge in [0.1, 0.15) is 0 Å². The Morgan fingerprint density at radius 1 is 1.57 bits per heavy atom. The number of nitrogens with zero attached hydrogens (tertiary/aromatic N) is 2. The number of rotatable bonds is 4. The molecule has 1 atom stereocenters. The van der Waals surface area contributed by atoms with Gasteiger partial charge >= 0.3 is 0 Å². The smallest absolute Gasteiger partial charge is 0.256 e. The molecule has 6 heteroatoms. The molecule has 0 fully saturated rings. The number of amides is 2. The largest absolute Gasteiger partial charge is 0.345 e. The van der Waals surface area contributed by atoms with Crippen LogP contribution in [0.25, 0.3) is 0 Å². The Morgan fingerprint density at radius 2 is 2.33 bits per heavy atom. The van der Waals surface area contributed by atoms with E-state index >= 15 is 0 Å². The fourth-order valence-corrected chi connectivity index (χ4v) is 2.43. The molecule has 2 rings (SSSR count). The Kier molecular flexibility index (Phi) is 4.76. The van der Waals surface area contributed by atoms with E-state index in [0.29, 0.717) is 11.4 Å². The lowest BCUT2D eigenvalue weighted by atomic mass is 10.00. The van der Waals surface area contributed by atoms with Crippen molar-refractivity contribution in [2.75, 3.05) is 11.6 Å². The number of benzene rings is 1. The molecule has 0 unspecified atom stereocenters. The zero-order valence-electron chi connectivity index (χ0n) is 11.5. The van der Waals surface area contributed by atoms with Crippen molar-refractivity contribution in [2.24, 2.45) is 11.0 Å². The summed E-state index contributed by atoms with van der Waals surface area (Å²) in [5.74, 6) is 1.32. The average Bonchev–Trinajstić information content (AvgIpc) is 2.73. The van der Waals surface area contributed by atoms with E-state index in [1.54, 1.807) is 19.1 Å². The van der Waals surface area contributed by atoms with Crippen LogP contribution in [0.5, 0.6) is 0 Å².